The Morgan fingerprint density at radius 1 is 0.648 bits per heavy atom. The van der Waals surface area contributed by atoms with Gasteiger partial charge in [0, 0.05) is 16.0 Å². The second kappa shape index (κ2) is 10.7. The molecule has 0 aliphatic heterocycles. The molecule has 11 aromatic rings. The van der Waals surface area contributed by atoms with Crippen LogP contribution >= 0.6 is 0 Å². The summed E-state index contributed by atoms with van der Waals surface area (Å²) in [6.07, 6.45) is 5.34. The highest BCUT2D eigenvalue weighted by Crippen LogP contribution is 2.37. The molecular formula is C45H37N9. The lowest BCUT2D eigenvalue weighted by Crippen LogP contribution is -2.29. The topological polar surface area (TPSA) is 66.2 Å². The Morgan fingerprint density at radius 3 is 2.06 bits per heavy atom. The first-order chi connectivity index (χ1) is 27.4. The zero-order chi connectivity index (χ0) is 39.1. The molecule has 9 heteroatoms. The third-order valence-corrected chi connectivity index (χ3v) is 10.9. The van der Waals surface area contributed by atoms with E-state index in [4.69, 9.17) is 19.1 Å². The van der Waals surface area contributed by atoms with Crippen molar-refractivity contribution in [1.82, 2.24) is 37.5 Å². The van der Waals surface area contributed by atoms with Crippen LogP contribution < -0.4 is 4.57 Å². The summed E-state index contributed by atoms with van der Waals surface area (Å²) in [5, 5.41) is 0. The van der Waals surface area contributed by atoms with E-state index in [-0.39, 0.29) is 11.0 Å². The van der Waals surface area contributed by atoms with Gasteiger partial charge in [-0.15, -0.1) is 0 Å². The van der Waals surface area contributed by atoms with Gasteiger partial charge in [0.2, 0.25) is 17.9 Å². The smallest absolute Gasteiger partial charge is 0.244 e. The molecule has 0 atom stereocenters. The first kappa shape index (κ1) is 27.9. The SMILES string of the molecule is [2H]C([2H])([2H])c1cccc2c1nc1n(-c3cc(C(C)(C)C)ccn3)c3cc4c(cc3n21)n1c2cccc(C)c2nc1n4-c1cccc(-[n+]2[c-]n(C)c3ccccc32)c1. The number of aromatic nitrogens is 9. The van der Waals surface area contributed by atoms with Gasteiger partial charge >= 0.3 is 0 Å². The van der Waals surface area contributed by atoms with E-state index in [9.17, 15) is 0 Å². The number of aryl methyl sites for hydroxylation is 3. The highest BCUT2D eigenvalue weighted by Gasteiger charge is 2.25. The highest BCUT2D eigenvalue weighted by molar-refractivity contribution is 6.03. The van der Waals surface area contributed by atoms with Gasteiger partial charge in [0.25, 0.3) is 0 Å². The van der Waals surface area contributed by atoms with Crippen LogP contribution in [0.3, 0.4) is 0 Å². The van der Waals surface area contributed by atoms with Gasteiger partial charge in [-0.1, -0.05) is 81.4 Å². The van der Waals surface area contributed by atoms with Crippen LogP contribution in [0.2, 0.25) is 0 Å². The van der Waals surface area contributed by atoms with Crippen molar-refractivity contribution in [3.63, 3.8) is 0 Å². The summed E-state index contributed by atoms with van der Waals surface area (Å²) in [5.41, 5.74) is 13.1. The molecule has 54 heavy (non-hydrogen) atoms. The molecule has 0 spiro atoms. The molecular weight excluding hydrogens is 667 g/mol. The maximum atomic E-state index is 8.38. The molecule has 0 aliphatic rings. The molecule has 0 radical (unpaired) electrons. The number of benzene rings is 5. The summed E-state index contributed by atoms with van der Waals surface area (Å²) in [7, 11) is 2.01. The summed E-state index contributed by atoms with van der Waals surface area (Å²) >= 11 is 0. The lowest BCUT2D eigenvalue weighted by molar-refractivity contribution is -0.572. The third kappa shape index (κ3) is 4.14. The van der Waals surface area contributed by atoms with Crippen LogP contribution in [0.15, 0.2) is 115 Å². The Bertz CT molecular complexity index is 3470. The average molecular weight is 707 g/mol. The Morgan fingerprint density at radius 2 is 1.30 bits per heavy atom. The van der Waals surface area contributed by atoms with Crippen molar-refractivity contribution in [3.8, 4) is 17.2 Å². The zero-order valence-electron chi connectivity index (χ0n) is 33.5. The van der Waals surface area contributed by atoms with E-state index in [1.165, 1.54) is 0 Å². The summed E-state index contributed by atoms with van der Waals surface area (Å²) in [4.78, 5) is 15.4. The number of pyridine rings is 1. The predicted molar refractivity (Wildman–Crippen MR) is 215 cm³/mol. The van der Waals surface area contributed by atoms with Crippen molar-refractivity contribution in [2.24, 2.45) is 7.05 Å². The molecule has 0 unspecified atom stereocenters. The normalized spacial score (nSPS) is 13.7. The largest absolute Gasteiger partial charge is 0.319 e. The number of para-hydroxylation sites is 4. The van der Waals surface area contributed by atoms with Gasteiger partial charge in [-0.25, -0.2) is 15.0 Å². The Labute approximate surface area is 314 Å². The highest BCUT2D eigenvalue weighted by atomic mass is 15.3. The van der Waals surface area contributed by atoms with Crippen molar-refractivity contribution >= 4 is 66.7 Å². The van der Waals surface area contributed by atoms with E-state index in [0.717, 1.165) is 72.4 Å². The van der Waals surface area contributed by atoms with Gasteiger partial charge < -0.3 is 9.13 Å². The van der Waals surface area contributed by atoms with Crippen LogP contribution in [0, 0.1) is 20.1 Å². The fourth-order valence-electron chi connectivity index (χ4n) is 8.23. The Kier molecular flexibility index (Phi) is 5.50. The minimum atomic E-state index is -2.34. The monoisotopic (exact) mass is 706 g/mol. The summed E-state index contributed by atoms with van der Waals surface area (Å²) in [6, 6.07) is 37.0. The average Bonchev–Trinajstić information content (AvgIpc) is 3.98. The van der Waals surface area contributed by atoms with E-state index in [1.807, 2.05) is 42.1 Å². The molecule has 6 heterocycles. The van der Waals surface area contributed by atoms with Crippen LogP contribution in [0.4, 0.5) is 0 Å². The van der Waals surface area contributed by atoms with E-state index < -0.39 is 6.85 Å². The molecule has 0 saturated carbocycles. The molecule has 5 aromatic carbocycles. The van der Waals surface area contributed by atoms with Crippen LogP contribution in [-0.4, -0.2) is 37.5 Å². The lowest BCUT2D eigenvalue weighted by atomic mass is 9.88. The molecule has 9 nitrogen and oxygen atoms in total. The fourth-order valence-corrected chi connectivity index (χ4v) is 8.23. The fraction of sp³-hybridized carbons (Fsp3) is 0.156. The van der Waals surface area contributed by atoms with Gasteiger partial charge in [0.05, 0.1) is 67.9 Å². The van der Waals surface area contributed by atoms with Crippen molar-refractivity contribution in [2.45, 2.75) is 40.0 Å². The Balaban J connectivity index is 1.29. The van der Waals surface area contributed by atoms with Crippen molar-refractivity contribution < 1.29 is 8.68 Å². The minimum absolute atomic E-state index is 0.136. The van der Waals surface area contributed by atoms with Crippen molar-refractivity contribution in [1.29, 1.82) is 0 Å². The molecule has 0 aliphatic carbocycles. The first-order valence-corrected chi connectivity index (χ1v) is 18.1. The molecule has 0 amide bonds. The summed E-state index contributed by atoms with van der Waals surface area (Å²) < 4.78 is 37.8. The van der Waals surface area contributed by atoms with Crippen LogP contribution in [0.1, 0.15) is 41.6 Å². The van der Waals surface area contributed by atoms with E-state index in [0.29, 0.717) is 22.6 Å². The maximum Gasteiger partial charge on any atom is 0.244 e. The van der Waals surface area contributed by atoms with Gasteiger partial charge in [0.15, 0.2) is 0 Å². The second-order valence-electron chi connectivity index (χ2n) is 15.3. The van der Waals surface area contributed by atoms with Gasteiger partial charge in [-0.2, -0.15) is 0 Å². The maximum absolute atomic E-state index is 8.38. The number of imidazole rings is 5. The van der Waals surface area contributed by atoms with Crippen molar-refractivity contribution in [2.75, 3.05) is 0 Å². The number of nitrogens with zero attached hydrogens (tertiary/aromatic N) is 9. The van der Waals surface area contributed by atoms with Crippen LogP contribution in [0.25, 0.3) is 83.9 Å². The molecule has 0 bridgehead atoms. The predicted octanol–water partition coefficient (Wildman–Crippen LogP) is 9.05. The molecule has 262 valence electrons. The number of hydrogen-bond acceptors (Lipinski definition) is 3. The number of fused-ring (bicyclic) bond motifs is 11. The third-order valence-electron chi connectivity index (χ3n) is 10.9. The molecule has 0 saturated heterocycles. The minimum Gasteiger partial charge on any atom is -0.319 e. The van der Waals surface area contributed by atoms with E-state index in [2.05, 4.69) is 129 Å². The van der Waals surface area contributed by atoms with Gasteiger partial charge in [-0.05, 0) is 84.4 Å². The number of rotatable bonds is 3. The zero-order valence-corrected chi connectivity index (χ0v) is 30.5. The van der Waals surface area contributed by atoms with Crippen LogP contribution in [-0.2, 0) is 12.5 Å². The van der Waals surface area contributed by atoms with Gasteiger partial charge in [-0.3, -0.25) is 17.9 Å². The number of hydrogen-bond donors (Lipinski definition) is 0. The summed E-state index contributed by atoms with van der Waals surface area (Å²) in [6.45, 7) is 6.30. The lowest BCUT2D eigenvalue weighted by Gasteiger charge is -2.19. The first-order valence-electron chi connectivity index (χ1n) is 19.6. The molecule has 0 fully saturated rings. The molecule has 11 rings (SSSR count). The quantitative estimate of drug-likeness (QED) is 0.136. The van der Waals surface area contributed by atoms with E-state index >= 15 is 0 Å². The summed E-state index contributed by atoms with van der Waals surface area (Å²) in [5.74, 6) is 2.06. The molecule has 0 N–H and O–H groups in total. The Hall–Kier alpha value is -6.74. The standard InChI is InChI=1S/C45H37N9/c1-27-12-9-18-34-41(27)47-43-51(31-15-11-14-30(23-31)50-26-49(6)32-16-7-8-17-33(32)50)36-24-39-38(25-37(36)52(34)43)53-35-19-10-13-28(2)42(35)48-44(53)54(39)40-22-29(20-21-46-40)45(3,4)5/h7-25H,1-6H3/i2D3. The van der Waals surface area contributed by atoms with Gasteiger partial charge in [0.1, 0.15) is 5.82 Å². The van der Waals surface area contributed by atoms with Crippen molar-refractivity contribution in [3.05, 3.63) is 138 Å². The van der Waals surface area contributed by atoms with Crippen LogP contribution in [0.5, 0.6) is 0 Å². The second-order valence-corrected chi connectivity index (χ2v) is 15.3. The molecule has 6 aromatic heterocycles. The van der Waals surface area contributed by atoms with E-state index in [1.54, 1.807) is 12.1 Å².